The summed E-state index contributed by atoms with van der Waals surface area (Å²) in [7, 11) is 1.40. The summed E-state index contributed by atoms with van der Waals surface area (Å²) in [6.45, 7) is 1.94. The summed E-state index contributed by atoms with van der Waals surface area (Å²) in [6.07, 6.45) is 1.22. The van der Waals surface area contributed by atoms with Gasteiger partial charge in [-0.15, -0.1) is 0 Å². The predicted octanol–water partition coefficient (Wildman–Crippen LogP) is 4.59. The highest BCUT2D eigenvalue weighted by Crippen LogP contribution is 2.34. The Morgan fingerprint density at radius 2 is 1.91 bits per heavy atom. The number of nitriles is 1. The maximum atomic E-state index is 12.5. The Morgan fingerprint density at radius 3 is 2.53 bits per heavy atom. The Balaban J connectivity index is 1.79. The molecule has 2 aromatic carbocycles. The molecule has 0 saturated heterocycles. The number of hydrogen-bond acceptors (Lipinski definition) is 8. The van der Waals surface area contributed by atoms with Crippen LogP contribution in [0.5, 0.6) is 5.75 Å². The van der Waals surface area contributed by atoms with Crippen molar-refractivity contribution >= 4 is 29.3 Å². The molecule has 1 heterocycles. The quantitative estimate of drug-likeness (QED) is 0.169. The summed E-state index contributed by atoms with van der Waals surface area (Å²) in [6, 6.07) is 15.1. The molecule has 0 aliphatic carbocycles. The molecule has 0 saturated carbocycles. The lowest BCUT2D eigenvalue weighted by Crippen LogP contribution is -2.13. The normalized spacial score (nSPS) is 10.8. The second-order valence-electron chi connectivity index (χ2n) is 6.76. The van der Waals surface area contributed by atoms with E-state index in [2.05, 4.69) is 5.32 Å². The van der Waals surface area contributed by atoms with E-state index < -0.39 is 16.8 Å². The van der Waals surface area contributed by atoms with Crippen LogP contribution in [0.1, 0.15) is 23.0 Å². The molecule has 0 bridgehead atoms. The number of nitro benzene ring substituents is 1. The first kappa shape index (κ1) is 23.7. The number of esters is 1. The van der Waals surface area contributed by atoms with Crippen LogP contribution in [0.4, 0.5) is 11.4 Å². The molecule has 10 heteroatoms. The first-order chi connectivity index (χ1) is 16.4. The molecule has 172 valence electrons. The summed E-state index contributed by atoms with van der Waals surface area (Å²) in [5.74, 6) is -0.512. The van der Waals surface area contributed by atoms with Gasteiger partial charge in [0.25, 0.3) is 11.6 Å². The molecule has 3 rings (SSSR count). The number of ether oxygens (including phenoxy) is 2. The van der Waals surface area contributed by atoms with Crippen molar-refractivity contribution in [3.8, 4) is 23.1 Å². The number of rotatable bonds is 8. The minimum Gasteiger partial charge on any atom is -0.497 e. The Hall–Kier alpha value is -4.91. The fourth-order valence-corrected chi connectivity index (χ4v) is 2.97. The third-order valence-corrected chi connectivity index (χ3v) is 4.60. The Bertz CT molecular complexity index is 1300. The van der Waals surface area contributed by atoms with E-state index in [0.717, 1.165) is 0 Å². The average Bonchev–Trinajstić information content (AvgIpc) is 3.31. The number of carbonyl (C=O) groups is 2. The highest BCUT2D eigenvalue weighted by molar-refractivity contribution is 6.09. The predicted molar refractivity (Wildman–Crippen MR) is 122 cm³/mol. The van der Waals surface area contributed by atoms with E-state index in [1.54, 1.807) is 19.1 Å². The van der Waals surface area contributed by atoms with Gasteiger partial charge in [0, 0.05) is 11.8 Å². The van der Waals surface area contributed by atoms with Gasteiger partial charge in [-0.05, 0) is 55.5 Å². The summed E-state index contributed by atoms with van der Waals surface area (Å²) in [4.78, 5) is 35.1. The number of hydrogen-bond donors (Lipinski definition) is 1. The molecule has 0 spiro atoms. The van der Waals surface area contributed by atoms with Crippen molar-refractivity contribution in [1.29, 1.82) is 5.26 Å². The molecule has 0 unspecified atom stereocenters. The lowest BCUT2D eigenvalue weighted by molar-refractivity contribution is -0.384. The highest BCUT2D eigenvalue weighted by atomic mass is 16.6. The van der Waals surface area contributed by atoms with Gasteiger partial charge in [-0.2, -0.15) is 5.26 Å². The zero-order valence-electron chi connectivity index (χ0n) is 18.2. The molecule has 10 nitrogen and oxygen atoms in total. The van der Waals surface area contributed by atoms with Crippen molar-refractivity contribution in [2.75, 3.05) is 19.0 Å². The van der Waals surface area contributed by atoms with Crippen molar-refractivity contribution in [1.82, 2.24) is 0 Å². The fraction of sp³-hybridized carbons (Fsp3) is 0.125. The van der Waals surface area contributed by atoms with Crippen molar-refractivity contribution in [2.45, 2.75) is 6.92 Å². The van der Waals surface area contributed by atoms with E-state index in [9.17, 15) is 25.0 Å². The maximum Gasteiger partial charge on any atom is 0.338 e. The van der Waals surface area contributed by atoms with Crippen LogP contribution in [0.3, 0.4) is 0 Å². The van der Waals surface area contributed by atoms with Crippen molar-refractivity contribution in [2.24, 2.45) is 0 Å². The van der Waals surface area contributed by atoms with Crippen LogP contribution in [-0.2, 0) is 9.53 Å². The smallest absolute Gasteiger partial charge is 0.338 e. The van der Waals surface area contributed by atoms with Crippen LogP contribution in [0.15, 0.2) is 64.6 Å². The number of carbonyl (C=O) groups excluding carboxylic acids is 2. The van der Waals surface area contributed by atoms with Gasteiger partial charge < -0.3 is 19.2 Å². The second-order valence-corrected chi connectivity index (χ2v) is 6.76. The number of benzene rings is 2. The Labute approximate surface area is 194 Å². The van der Waals surface area contributed by atoms with Crippen LogP contribution in [-0.4, -0.2) is 30.5 Å². The van der Waals surface area contributed by atoms with Crippen molar-refractivity contribution in [3.05, 3.63) is 81.6 Å². The number of nitrogens with one attached hydrogen (secondary N) is 1. The molecule has 0 aliphatic rings. The molecule has 0 fully saturated rings. The molecule has 34 heavy (non-hydrogen) atoms. The molecule has 3 aromatic rings. The number of amides is 1. The minimum absolute atomic E-state index is 0.157. The Kier molecular flexibility index (Phi) is 7.41. The van der Waals surface area contributed by atoms with Gasteiger partial charge in [0.05, 0.1) is 35.8 Å². The van der Waals surface area contributed by atoms with E-state index in [1.807, 2.05) is 0 Å². The van der Waals surface area contributed by atoms with E-state index in [1.165, 1.54) is 61.7 Å². The monoisotopic (exact) mass is 461 g/mol. The van der Waals surface area contributed by atoms with Gasteiger partial charge in [0.15, 0.2) is 0 Å². The maximum absolute atomic E-state index is 12.5. The topological polar surface area (TPSA) is 145 Å². The van der Waals surface area contributed by atoms with E-state index >= 15 is 0 Å². The standard InChI is InChI=1S/C24H19N3O7/c1-3-33-24(29)15-4-6-17(7-5-15)26-23(28)16(14-25)12-19-9-11-22(34-19)20-10-8-18(32-2)13-21(20)27(30)31/h4-13H,3H2,1-2H3,(H,26,28). The fourth-order valence-electron chi connectivity index (χ4n) is 2.97. The molecular weight excluding hydrogens is 442 g/mol. The first-order valence-electron chi connectivity index (χ1n) is 9.99. The molecular formula is C24H19N3O7. The molecule has 0 aliphatic heterocycles. The van der Waals surface area contributed by atoms with Gasteiger partial charge in [0.1, 0.15) is 28.9 Å². The third kappa shape index (κ3) is 5.46. The van der Waals surface area contributed by atoms with Gasteiger partial charge in [-0.3, -0.25) is 14.9 Å². The average molecular weight is 461 g/mol. The number of methoxy groups -OCH3 is 1. The molecule has 0 radical (unpaired) electrons. The molecule has 1 amide bonds. The van der Waals surface area contributed by atoms with Crippen LogP contribution in [0.25, 0.3) is 17.4 Å². The van der Waals surface area contributed by atoms with Gasteiger partial charge in [0.2, 0.25) is 0 Å². The summed E-state index contributed by atoms with van der Waals surface area (Å²) in [5, 5.41) is 23.4. The molecule has 1 N–H and O–H groups in total. The van der Waals surface area contributed by atoms with Crippen LogP contribution in [0.2, 0.25) is 0 Å². The summed E-state index contributed by atoms with van der Waals surface area (Å²) in [5.41, 5.74) is 0.447. The van der Waals surface area contributed by atoms with E-state index in [4.69, 9.17) is 13.9 Å². The molecule has 1 aromatic heterocycles. The summed E-state index contributed by atoms with van der Waals surface area (Å²) >= 11 is 0. The van der Waals surface area contributed by atoms with Crippen LogP contribution in [0, 0.1) is 21.4 Å². The zero-order valence-corrected chi connectivity index (χ0v) is 18.2. The molecule has 0 atom stereocenters. The minimum atomic E-state index is -0.695. The lowest BCUT2D eigenvalue weighted by Gasteiger charge is -2.06. The number of nitro groups is 1. The number of nitrogens with zero attached hydrogens (tertiary/aromatic N) is 2. The van der Waals surface area contributed by atoms with Gasteiger partial charge in [-0.1, -0.05) is 0 Å². The van der Waals surface area contributed by atoms with Gasteiger partial charge >= 0.3 is 5.97 Å². The third-order valence-electron chi connectivity index (χ3n) is 4.60. The Morgan fingerprint density at radius 1 is 1.18 bits per heavy atom. The van der Waals surface area contributed by atoms with Crippen LogP contribution < -0.4 is 10.1 Å². The van der Waals surface area contributed by atoms with E-state index in [0.29, 0.717) is 17.0 Å². The highest BCUT2D eigenvalue weighted by Gasteiger charge is 2.20. The summed E-state index contributed by atoms with van der Waals surface area (Å²) < 4.78 is 15.6. The lowest BCUT2D eigenvalue weighted by atomic mass is 10.1. The number of anilines is 1. The second kappa shape index (κ2) is 10.6. The SMILES string of the molecule is CCOC(=O)c1ccc(NC(=O)C(C#N)=Cc2ccc(-c3ccc(OC)cc3[N+](=O)[O-])o2)cc1. The van der Waals surface area contributed by atoms with Gasteiger partial charge in [-0.25, -0.2) is 4.79 Å². The van der Waals surface area contributed by atoms with Crippen molar-refractivity contribution < 1.29 is 28.4 Å². The zero-order chi connectivity index (χ0) is 24.7. The first-order valence-corrected chi connectivity index (χ1v) is 9.99. The van der Waals surface area contributed by atoms with Crippen LogP contribution >= 0.6 is 0 Å². The largest absolute Gasteiger partial charge is 0.497 e. The number of furan rings is 1. The van der Waals surface area contributed by atoms with Crippen molar-refractivity contribution in [3.63, 3.8) is 0 Å². The van der Waals surface area contributed by atoms with E-state index in [-0.39, 0.29) is 35.0 Å².